The molecule has 0 radical (unpaired) electrons. The van der Waals surface area contributed by atoms with Gasteiger partial charge < -0.3 is 9.73 Å². The Labute approximate surface area is 150 Å². The lowest BCUT2D eigenvalue weighted by Gasteiger charge is -2.26. The maximum absolute atomic E-state index is 13.0. The third kappa shape index (κ3) is 3.12. The predicted molar refractivity (Wildman–Crippen MR) is 98.3 cm³/mol. The van der Waals surface area contributed by atoms with Gasteiger partial charge in [-0.05, 0) is 42.0 Å². The van der Waals surface area contributed by atoms with Crippen molar-refractivity contribution in [1.82, 2.24) is 10.3 Å². The molecule has 0 unspecified atom stereocenters. The van der Waals surface area contributed by atoms with Crippen molar-refractivity contribution < 1.29 is 9.21 Å². The first kappa shape index (κ1) is 16.1. The molecule has 4 nitrogen and oxygen atoms in total. The first-order chi connectivity index (χ1) is 12.3. The van der Waals surface area contributed by atoms with Gasteiger partial charge in [-0.15, -0.1) is 11.3 Å². The number of furan rings is 1. The van der Waals surface area contributed by atoms with Crippen LogP contribution in [0.2, 0.25) is 0 Å². The number of rotatable bonds is 5. The molecule has 0 spiro atoms. The molecule has 0 aliphatic heterocycles. The van der Waals surface area contributed by atoms with Gasteiger partial charge in [0, 0.05) is 23.2 Å². The van der Waals surface area contributed by atoms with E-state index in [0.717, 1.165) is 42.5 Å². The summed E-state index contributed by atoms with van der Waals surface area (Å²) in [6.45, 7) is 0.505. The number of amides is 1. The van der Waals surface area contributed by atoms with Crippen molar-refractivity contribution >= 4 is 17.2 Å². The number of pyridine rings is 1. The summed E-state index contributed by atoms with van der Waals surface area (Å²) in [4.78, 5) is 18.6. The number of nitrogens with one attached hydrogen (secondary N) is 1. The van der Waals surface area contributed by atoms with Crippen molar-refractivity contribution in [2.45, 2.75) is 37.6 Å². The molecule has 25 heavy (non-hydrogen) atoms. The number of hydrogen-bond acceptors (Lipinski definition) is 4. The Bertz CT molecular complexity index is 817. The highest BCUT2D eigenvalue weighted by Crippen LogP contribution is 2.43. The third-order valence-electron chi connectivity index (χ3n) is 4.98. The zero-order valence-electron chi connectivity index (χ0n) is 13.9. The Kier molecular flexibility index (Phi) is 4.40. The fourth-order valence-electron chi connectivity index (χ4n) is 3.58. The molecule has 1 amide bonds. The van der Waals surface area contributed by atoms with E-state index >= 15 is 0 Å². The van der Waals surface area contributed by atoms with Crippen LogP contribution in [0.5, 0.6) is 0 Å². The predicted octanol–water partition coefficient (Wildman–Crippen LogP) is 4.53. The molecule has 3 aromatic heterocycles. The van der Waals surface area contributed by atoms with Gasteiger partial charge >= 0.3 is 0 Å². The number of nitrogens with zero attached hydrogens (tertiary/aromatic N) is 1. The van der Waals surface area contributed by atoms with Crippen LogP contribution in [-0.4, -0.2) is 10.9 Å². The number of aromatic nitrogens is 1. The summed E-state index contributed by atoms with van der Waals surface area (Å²) in [7, 11) is 0. The van der Waals surface area contributed by atoms with Crippen LogP contribution >= 0.6 is 11.3 Å². The minimum Gasteiger partial charge on any atom is -0.472 e. The third-order valence-corrected chi connectivity index (χ3v) is 6.05. The Hall–Kier alpha value is -2.40. The zero-order chi connectivity index (χ0) is 17.1. The Balaban J connectivity index is 1.44. The van der Waals surface area contributed by atoms with E-state index in [4.69, 9.17) is 4.42 Å². The zero-order valence-corrected chi connectivity index (χ0v) is 14.7. The van der Waals surface area contributed by atoms with E-state index in [9.17, 15) is 4.79 Å². The molecule has 0 atom stereocenters. The molecular formula is C20H20N2O2S. The molecular weight excluding hydrogens is 332 g/mol. The van der Waals surface area contributed by atoms with Gasteiger partial charge in [-0.2, -0.15) is 0 Å². The summed E-state index contributed by atoms with van der Waals surface area (Å²) in [5.74, 6) is 0.145. The minimum atomic E-state index is -0.335. The monoisotopic (exact) mass is 352 g/mol. The van der Waals surface area contributed by atoms with Crippen molar-refractivity contribution in [2.24, 2.45) is 0 Å². The Morgan fingerprint density at radius 1 is 1.24 bits per heavy atom. The van der Waals surface area contributed by atoms with E-state index in [-0.39, 0.29) is 11.3 Å². The summed E-state index contributed by atoms with van der Waals surface area (Å²) in [5, 5.41) is 5.19. The van der Waals surface area contributed by atoms with Gasteiger partial charge in [0.15, 0.2) is 0 Å². The molecule has 3 heterocycles. The average Bonchev–Trinajstić information content (AvgIpc) is 3.42. The first-order valence-corrected chi connectivity index (χ1v) is 9.46. The maximum atomic E-state index is 13.0. The van der Waals surface area contributed by atoms with Crippen LogP contribution in [0.3, 0.4) is 0 Å². The van der Waals surface area contributed by atoms with E-state index < -0.39 is 0 Å². The van der Waals surface area contributed by atoms with Crippen molar-refractivity contribution in [3.63, 3.8) is 0 Å². The van der Waals surface area contributed by atoms with Gasteiger partial charge in [-0.25, -0.2) is 0 Å². The van der Waals surface area contributed by atoms with Crippen LogP contribution in [0.4, 0.5) is 0 Å². The van der Waals surface area contributed by atoms with Crippen LogP contribution < -0.4 is 5.32 Å². The van der Waals surface area contributed by atoms with Crippen molar-refractivity contribution in [3.05, 3.63) is 64.9 Å². The molecule has 1 aliphatic rings. The highest BCUT2D eigenvalue weighted by molar-refractivity contribution is 7.10. The van der Waals surface area contributed by atoms with Gasteiger partial charge in [0.2, 0.25) is 5.91 Å². The van der Waals surface area contributed by atoms with Gasteiger partial charge in [0.1, 0.15) is 0 Å². The fourth-order valence-corrected chi connectivity index (χ4v) is 4.56. The van der Waals surface area contributed by atoms with Gasteiger partial charge in [0.25, 0.3) is 0 Å². The Morgan fingerprint density at radius 3 is 2.76 bits per heavy atom. The van der Waals surface area contributed by atoms with Crippen LogP contribution in [0.15, 0.2) is 58.9 Å². The van der Waals surface area contributed by atoms with Crippen LogP contribution in [0.1, 0.15) is 36.1 Å². The molecule has 4 rings (SSSR count). The van der Waals surface area contributed by atoms with Gasteiger partial charge in [-0.1, -0.05) is 25.0 Å². The lowest BCUT2D eigenvalue weighted by molar-refractivity contribution is -0.126. The smallest absolute Gasteiger partial charge is 0.231 e. The molecule has 0 bridgehead atoms. The van der Waals surface area contributed by atoms with Crippen molar-refractivity contribution in [3.8, 4) is 11.3 Å². The van der Waals surface area contributed by atoms with Crippen molar-refractivity contribution in [1.29, 1.82) is 0 Å². The van der Waals surface area contributed by atoms with E-state index in [1.807, 2.05) is 30.5 Å². The molecule has 1 N–H and O–H groups in total. The summed E-state index contributed by atoms with van der Waals surface area (Å²) < 4.78 is 5.09. The molecule has 0 saturated heterocycles. The molecule has 0 aromatic carbocycles. The second-order valence-corrected chi connectivity index (χ2v) is 7.46. The summed E-state index contributed by atoms with van der Waals surface area (Å²) in [6.07, 6.45) is 9.24. The largest absolute Gasteiger partial charge is 0.472 e. The van der Waals surface area contributed by atoms with E-state index in [1.54, 1.807) is 23.9 Å². The molecule has 3 aromatic rings. The maximum Gasteiger partial charge on any atom is 0.231 e. The second kappa shape index (κ2) is 6.84. The first-order valence-electron chi connectivity index (χ1n) is 8.58. The van der Waals surface area contributed by atoms with Gasteiger partial charge in [0.05, 0.1) is 23.6 Å². The highest BCUT2D eigenvalue weighted by atomic mass is 32.1. The standard InChI is InChI=1S/C20H20N2O2S/c23-19(20(8-1-2-9-20)18-4-3-11-25-18)22-13-15-5-6-17(21-12-15)16-7-10-24-14-16/h3-7,10-12,14H,1-2,8-9,13H2,(H,22,23). The van der Waals surface area contributed by atoms with E-state index in [0.29, 0.717) is 6.54 Å². The lowest BCUT2D eigenvalue weighted by Crippen LogP contribution is -2.41. The average molecular weight is 352 g/mol. The van der Waals surface area contributed by atoms with Gasteiger partial charge in [-0.3, -0.25) is 9.78 Å². The number of hydrogen-bond donors (Lipinski definition) is 1. The molecule has 128 valence electrons. The number of thiophene rings is 1. The Morgan fingerprint density at radius 2 is 2.12 bits per heavy atom. The molecule has 1 fully saturated rings. The van der Waals surface area contributed by atoms with Crippen LogP contribution in [-0.2, 0) is 16.8 Å². The quantitative estimate of drug-likeness (QED) is 0.734. The van der Waals surface area contributed by atoms with Crippen LogP contribution in [0, 0.1) is 0 Å². The summed E-state index contributed by atoms with van der Waals surface area (Å²) in [5.41, 5.74) is 2.49. The van der Waals surface area contributed by atoms with E-state index in [1.165, 1.54) is 4.88 Å². The topological polar surface area (TPSA) is 55.1 Å². The molecule has 1 saturated carbocycles. The summed E-state index contributed by atoms with van der Waals surface area (Å²) in [6, 6.07) is 9.97. The molecule has 5 heteroatoms. The highest BCUT2D eigenvalue weighted by Gasteiger charge is 2.43. The van der Waals surface area contributed by atoms with Crippen LogP contribution in [0.25, 0.3) is 11.3 Å². The van der Waals surface area contributed by atoms with E-state index in [2.05, 4.69) is 21.7 Å². The lowest BCUT2D eigenvalue weighted by atomic mass is 9.83. The SMILES string of the molecule is O=C(NCc1ccc(-c2ccoc2)nc1)C1(c2cccs2)CCCC1. The number of carbonyl (C=O) groups is 1. The van der Waals surface area contributed by atoms with Crippen molar-refractivity contribution in [2.75, 3.05) is 0 Å². The minimum absolute atomic E-state index is 0.145. The fraction of sp³-hybridized carbons (Fsp3) is 0.300. The number of carbonyl (C=O) groups excluding carboxylic acids is 1. The second-order valence-electron chi connectivity index (χ2n) is 6.51. The molecule has 1 aliphatic carbocycles. The normalized spacial score (nSPS) is 16.0. The summed E-state index contributed by atoms with van der Waals surface area (Å²) >= 11 is 1.69.